The summed E-state index contributed by atoms with van der Waals surface area (Å²) in [6, 6.07) is 15.0. The highest BCUT2D eigenvalue weighted by atomic mass is 35.5. The Bertz CT molecular complexity index is 3590. The van der Waals surface area contributed by atoms with Crippen molar-refractivity contribution < 1.29 is 40.0 Å². The molecule has 0 radical (unpaired) electrons. The maximum atomic E-state index is 14.2. The minimum absolute atomic E-state index is 0.0803. The summed E-state index contributed by atoms with van der Waals surface area (Å²) in [6.07, 6.45) is 6.19. The summed E-state index contributed by atoms with van der Waals surface area (Å²) in [5.41, 5.74) is 0.732. The predicted octanol–water partition coefficient (Wildman–Crippen LogP) is 10.1. The van der Waals surface area contributed by atoms with Crippen LogP contribution in [0.1, 0.15) is 75.7 Å². The van der Waals surface area contributed by atoms with Gasteiger partial charge in [0.25, 0.3) is 11.1 Å². The minimum Gasteiger partial charge on any atom is -0.487 e. The van der Waals surface area contributed by atoms with E-state index in [1.54, 1.807) is 98.1 Å². The molecule has 0 bridgehead atoms. The van der Waals surface area contributed by atoms with E-state index in [-0.39, 0.29) is 40.3 Å². The lowest BCUT2D eigenvalue weighted by atomic mass is 10.1. The average Bonchev–Trinajstić information content (AvgIpc) is 3.32. The van der Waals surface area contributed by atoms with E-state index in [0.717, 1.165) is 24.3 Å². The molecule has 20 heteroatoms. The van der Waals surface area contributed by atoms with Crippen molar-refractivity contribution in [2.75, 3.05) is 0 Å². The van der Waals surface area contributed by atoms with Crippen LogP contribution in [0.5, 0.6) is 11.5 Å². The Hall–Kier alpha value is -7.38. The maximum Gasteiger partial charge on any atom is 0.277 e. The fourth-order valence-corrected chi connectivity index (χ4v) is 7.37. The van der Waals surface area contributed by atoms with Crippen molar-refractivity contribution in [1.29, 1.82) is 0 Å². The number of ether oxygens (including phenoxy) is 2. The van der Waals surface area contributed by atoms with Gasteiger partial charge in [0.2, 0.25) is 0 Å². The van der Waals surface area contributed by atoms with Crippen molar-refractivity contribution in [1.82, 2.24) is 39.0 Å². The molecular formula is C52H46Cl2F4N8O6. The highest BCUT2D eigenvalue weighted by molar-refractivity contribution is 6.32. The lowest BCUT2D eigenvalue weighted by Gasteiger charge is -2.18. The number of aromatic nitrogens is 8. The maximum absolute atomic E-state index is 14.2. The van der Waals surface area contributed by atoms with E-state index in [0.29, 0.717) is 62.7 Å². The van der Waals surface area contributed by atoms with Gasteiger partial charge in [-0.25, -0.2) is 37.5 Å². The second kappa shape index (κ2) is 21.1. The molecule has 14 nitrogen and oxygen atoms in total. The Morgan fingerprint density at radius 1 is 0.583 bits per heavy atom. The van der Waals surface area contributed by atoms with Gasteiger partial charge in [-0.15, -0.1) is 0 Å². The quantitative estimate of drug-likeness (QED) is 0.111. The Morgan fingerprint density at radius 3 is 1.42 bits per heavy atom. The first-order valence-electron chi connectivity index (χ1n) is 22.8. The van der Waals surface area contributed by atoms with E-state index in [1.165, 1.54) is 33.7 Å². The Kier molecular flexibility index (Phi) is 14.6. The fourth-order valence-electron chi connectivity index (χ4n) is 7.00. The van der Waals surface area contributed by atoms with Crippen LogP contribution in [0.2, 0.25) is 10.0 Å². The number of halogens is 6. The van der Waals surface area contributed by atoms with Crippen LogP contribution >= 0.6 is 23.2 Å². The lowest BCUT2D eigenvalue weighted by Crippen LogP contribution is -2.23. The molecule has 0 aliphatic carbocycles. The van der Waals surface area contributed by atoms with Gasteiger partial charge in [-0.2, -0.15) is 0 Å². The van der Waals surface area contributed by atoms with Crippen molar-refractivity contribution in [3.8, 4) is 45.6 Å². The van der Waals surface area contributed by atoms with Gasteiger partial charge in [0.15, 0.2) is 11.6 Å². The van der Waals surface area contributed by atoms with Crippen molar-refractivity contribution in [2.24, 2.45) is 0 Å². The SMILES string of the molecule is Cc1cnc(-c2ccnc(C(C)(C)O)n2)cc1-n1c(C)cc(OCc2ccc(F)cc2F)c(Cl)c1=O.[2H]C([2H])(Oc1cc(C)n(-c2cc(-c3ccnc(C(C)(C)O)n3)ncc2C)c(=O)c1Cl)c1ccc(F)cc1F. The first-order chi connectivity index (χ1) is 34.6. The third kappa shape index (κ3) is 11.7. The van der Waals surface area contributed by atoms with E-state index in [1.807, 2.05) is 0 Å². The van der Waals surface area contributed by atoms with Gasteiger partial charge < -0.3 is 19.7 Å². The highest BCUT2D eigenvalue weighted by Gasteiger charge is 2.24. The number of hydrogen-bond acceptors (Lipinski definition) is 12. The van der Waals surface area contributed by atoms with Gasteiger partial charge in [0.1, 0.15) is 69.2 Å². The number of pyridine rings is 4. The third-order valence-electron chi connectivity index (χ3n) is 10.8. The molecule has 6 aromatic heterocycles. The molecular weight excluding hydrogens is 980 g/mol. The summed E-state index contributed by atoms with van der Waals surface area (Å²) in [5, 5.41) is 19.9. The zero-order valence-electron chi connectivity index (χ0n) is 41.8. The predicted molar refractivity (Wildman–Crippen MR) is 263 cm³/mol. The van der Waals surface area contributed by atoms with Crippen LogP contribution < -0.4 is 20.6 Å². The monoisotopic (exact) mass is 1030 g/mol. The molecule has 0 amide bonds. The molecule has 6 heterocycles. The summed E-state index contributed by atoms with van der Waals surface area (Å²) >= 11 is 12.7. The van der Waals surface area contributed by atoms with Crippen molar-refractivity contribution in [2.45, 2.75) is 79.8 Å². The fraction of sp³-hybridized carbons (Fsp3) is 0.231. The highest BCUT2D eigenvalue weighted by Crippen LogP contribution is 2.30. The number of aliphatic hydroxyl groups is 2. The number of rotatable bonds is 12. The van der Waals surface area contributed by atoms with Gasteiger partial charge in [0.05, 0.1) is 36.9 Å². The average molecular weight is 1030 g/mol. The van der Waals surface area contributed by atoms with Crippen LogP contribution in [0, 0.1) is 51.0 Å². The van der Waals surface area contributed by atoms with Gasteiger partial charge in [0, 0.05) is 71.6 Å². The molecule has 8 rings (SSSR count). The van der Waals surface area contributed by atoms with Crippen molar-refractivity contribution in [3.05, 3.63) is 197 Å². The van der Waals surface area contributed by atoms with Crippen LogP contribution in [-0.4, -0.2) is 49.3 Å². The van der Waals surface area contributed by atoms with E-state index >= 15 is 0 Å². The first-order valence-corrected chi connectivity index (χ1v) is 22.5. The second-order valence-corrected chi connectivity index (χ2v) is 18.2. The normalized spacial score (nSPS) is 12.2. The summed E-state index contributed by atoms with van der Waals surface area (Å²) in [7, 11) is 0. The summed E-state index contributed by atoms with van der Waals surface area (Å²) in [6.45, 7) is 10.1. The summed E-state index contributed by atoms with van der Waals surface area (Å²) in [4.78, 5) is 52.5. The smallest absolute Gasteiger partial charge is 0.277 e. The molecule has 0 saturated heterocycles. The zero-order chi connectivity index (χ0) is 54.2. The van der Waals surface area contributed by atoms with Crippen LogP contribution in [0.25, 0.3) is 34.2 Å². The molecule has 2 aromatic carbocycles. The largest absolute Gasteiger partial charge is 0.487 e. The molecule has 0 atom stereocenters. The van der Waals surface area contributed by atoms with Crippen LogP contribution in [-0.2, 0) is 24.4 Å². The molecule has 0 aliphatic heterocycles. The molecule has 0 fully saturated rings. The Morgan fingerprint density at radius 2 is 1.00 bits per heavy atom. The standard InChI is InChI=1S/2C26H23ClF2N4O3/c2*1-14-12-31-20(19-7-8-30-25(32-19)26(3,4)35)11-21(14)33-15(2)9-22(23(27)24(33)34)36-13-16-5-6-17(28)10-18(16)29/h2*5-12,35H,13H2,1-4H3/i13D2;. The van der Waals surface area contributed by atoms with Crippen molar-refractivity contribution >= 4 is 23.2 Å². The lowest BCUT2D eigenvalue weighted by molar-refractivity contribution is 0.0683. The molecule has 372 valence electrons. The van der Waals surface area contributed by atoms with Gasteiger partial charge >= 0.3 is 0 Å². The van der Waals surface area contributed by atoms with Gasteiger partial charge in [-0.1, -0.05) is 23.2 Å². The third-order valence-corrected chi connectivity index (χ3v) is 11.5. The second-order valence-electron chi connectivity index (χ2n) is 17.4. The molecule has 0 spiro atoms. The Labute approximate surface area is 423 Å². The van der Waals surface area contributed by atoms with E-state index in [9.17, 15) is 37.4 Å². The van der Waals surface area contributed by atoms with E-state index in [2.05, 4.69) is 29.9 Å². The van der Waals surface area contributed by atoms with Crippen LogP contribution in [0.4, 0.5) is 17.6 Å². The number of nitrogens with zero attached hydrogens (tertiary/aromatic N) is 8. The molecule has 72 heavy (non-hydrogen) atoms. The molecule has 0 aliphatic rings. The number of hydrogen-bond donors (Lipinski definition) is 2. The number of benzene rings is 2. The first kappa shape index (κ1) is 49.6. The zero-order valence-corrected chi connectivity index (χ0v) is 41.3. The Balaban J connectivity index is 0.000000217. The molecule has 8 aromatic rings. The van der Waals surface area contributed by atoms with E-state index in [4.69, 9.17) is 35.4 Å². The summed E-state index contributed by atoms with van der Waals surface area (Å²) < 4.78 is 84.6. The molecule has 0 unspecified atom stereocenters. The van der Waals surface area contributed by atoms with Gasteiger partial charge in [-0.3, -0.25) is 28.7 Å². The van der Waals surface area contributed by atoms with Gasteiger partial charge in [-0.05, 0) is 115 Å². The topological polar surface area (TPSA) is 180 Å². The number of aryl methyl sites for hydroxylation is 4. The molecule has 2 N–H and O–H groups in total. The van der Waals surface area contributed by atoms with E-state index < -0.39 is 62.7 Å². The summed E-state index contributed by atoms with van der Waals surface area (Å²) in [5.74, 6) is -3.26. The van der Waals surface area contributed by atoms with Crippen LogP contribution in [0.15, 0.2) is 107 Å². The van der Waals surface area contributed by atoms with Crippen LogP contribution in [0.3, 0.4) is 0 Å². The van der Waals surface area contributed by atoms with Crippen molar-refractivity contribution in [3.63, 3.8) is 0 Å². The molecule has 0 saturated carbocycles. The minimum atomic E-state index is -2.75.